The second kappa shape index (κ2) is 6.64. The van der Waals surface area contributed by atoms with Gasteiger partial charge in [-0.1, -0.05) is 6.92 Å². The molecular formula is C15H20F4N2. The van der Waals surface area contributed by atoms with E-state index >= 15 is 0 Å². The number of hydrogen-bond acceptors (Lipinski definition) is 2. The smallest absolute Gasteiger partial charge is 0.369 e. The van der Waals surface area contributed by atoms with Crippen LogP contribution in [0.4, 0.5) is 23.2 Å². The van der Waals surface area contributed by atoms with Crippen molar-refractivity contribution in [3.8, 4) is 0 Å². The lowest BCUT2D eigenvalue weighted by Gasteiger charge is -2.34. The SMILES string of the molecule is CCNCC1CCN(c2ccc(C(F)(F)F)cc2F)CC1. The Morgan fingerprint density at radius 2 is 1.90 bits per heavy atom. The molecule has 0 radical (unpaired) electrons. The van der Waals surface area contributed by atoms with Crippen LogP contribution < -0.4 is 10.2 Å². The first-order valence-electron chi connectivity index (χ1n) is 7.24. The number of hydrogen-bond donors (Lipinski definition) is 1. The van der Waals surface area contributed by atoms with Crippen molar-refractivity contribution in [3.05, 3.63) is 29.6 Å². The van der Waals surface area contributed by atoms with Gasteiger partial charge in [0, 0.05) is 13.1 Å². The number of benzene rings is 1. The highest BCUT2D eigenvalue weighted by Gasteiger charge is 2.32. The summed E-state index contributed by atoms with van der Waals surface area (Å²) in [6.07, 6.45) is -2.65. The van der Waals surface area contributed by atoms with Gasteiger partial charge in [-0.05, 0) is 50.0 Å². The molecule has 0 aromatic heterocycles. The first kappa shape index (κ1) is 16.1. The molecule has 0 aliphatic carbocycles. The third-order valence-corrected chi connectivity index (χ3v) is 3.91. The third kappa shape index (κ3) is 4.09. The van der Waals surface area contributed by atoms with E-state index in [-0.39, 0.29) is 5.69 Å². The van der Waals surface area contributed by atoms with E-state index in [2.05, 4.69) is 5.32 Å². The van der Waals surface area contributed by atoms with Crippen molar-refractivity contribution in [2.45, 2.75) is 25.9 Å². The summed E-state index contributed by atoms with van der Waals surface area (Å²) in [6.45, 7) is 5.27. The van der Waals surface area contributed by atoms with Crippen molar-refractivity contribution in [1.29, 1.82) is 0 Å². The molecule has 1 N–H and O–H groups in total. The van der Waals surface area contributed by atoms with Gasteiger partial charge in [0.15, 0.2) is 0 Å². The fraction of sp³-hybridized carbons (Fsp3) is 0.600. The zero-order chi connectivity index (χ0) is 15.5. The van der Waals surface area contributed by atoms with Gasteiger partial charge in [-0.3, -0.25) is 0 Å². The highest BCUT2D eigenvalue weighted by atomic mass is 19.4. The van der Waals surface area contributed by atoms with E-state index in [1.807, 2.05) is 11.8 Å². The highest BCUT2D eigenvalue weighted by Crippen LogP contribution is 2.33. The van der Waals surface area contributed by atoms with Gasteiger partial charge in [0.25, 0.3) is 0 Å². The van der Waals surface area contributed by atoms with E-state index in [9.17, 15) is 17.6 Å². The Bertz CT molecular complexity index is 465. The van der Waals surface area contributed by atoms with Gasteiger partial charge in [0.1, 0.15) is 5.82 Å². The summed E-state index contributed by atoms with van der Waals surface area (Å²) < 4.78 is 51.5. The number of halogens is 4. The Kier molecular flexibility index (Phi) is 5.08. The van der Waals surface area contributed by atoms with Crippen LogP contribution >= 0.6 is 0 Å². The summed E-state index contributed by atoms with van der Waals surface area (Å²) in [5.74, 6) is -0.242. The van der Waals surface area contributed by atoms with Crippen molar-refractivity contribution in [2.75, 3.05) is 31.1 Å². The topological polar surface area (TPSA) is 15.3 Å². The molecule has 1 aliphatic heterocycles. The lowest BCUT2D eigenvalue weighted by Crippen LogP contribution is -2.37. The maximum Gasteiger partial charge on any atom is 0.416 e. The fourth-order valence-corrected chi connectivity index (χ4v) is 2.67. The molecule has 0 saturated carbocycles. The van der Waals surface area contributed by atoms with Crippen molar-refractivity contribution in [3.63, 3.8) is 0 Å². The monoisotopic (exact) mass is 304 g/mol. The highest BCUT2D eigenvalue weighted by molar-refractivity contribution is 5.50. The molecule has 1 saturated heterocycles. The number of anilines is 1. The summed E-state index contributed by atoms with van der Waals surface area (Å²) in [5.41, 5.74) is -0.671. The number of piperidine rings is 1. The number of alkyl halides is 3. The molecule has 0 spiro atoms. The average Bonchev–Trinajstić information content (AvgIpc) is 2.45. The van der Waals surface area contributed by atoms with Crippen molar-refractivity contribution >= 4 is 5.69 Å². The van der Waals surface area contributed by atoms with Gasteiger partial charge in [-0.25, -0.2) is 4.39 Å². The maximum atomic E-state index is 13.9. The first-order chi connectivity index (χ1) is 9.91. The molecule has 0 bridgehead atoms. The summed E-state index contributed by atoms with van der Waals surface area (Å²) in [5, 5.41) is 3.29. The molecule has 1 fully saturated rings. The number of rotatable bonds is 4. The molecule has 1 aliphatic rings. The molecular weight excluding hydrogens is 284 g/mol. The maximum absolute atomic E-state index is 13.9. The van der Waals surface area contributed by atoms with Crippen LogP contribution in [0.25, 0.3) is 0 Å². The molecule has 21 heavy (non-hydrogen) atoms. The largest absolute Gasteiger partial charge is 0.416 e. The summed E-state index contributed by atoms with van der Waals surface area (Å²) in [4.78, 5) is 1.83. The zero-order valence-corrected chi connectivity index (χ0v) is 12.0. The van der Waals surface area contributed by atoms with Crippen LogP contribution in [0.2, 0.25) is 0 Å². The minimum atomic E-state index is -4.50. The average molecular weight is 304 g/mol. The van der Waals surface area contributed by atoms with Crippen LogP contribution in [-0.2, 0) is 6.18 Å². The predicted octanol–water partition coefficient (Wildman–Crippen LogP) is 3.67. The standard InChI is InChI=1S/C15H20F4N2/c1-2-20-10-11-5-7-21(8-6-11)14-4-3-12(9-13(14)16)15(17,18)19/h3-4,9,11,20H,2,5-8,10H2,1H3. The Labute approximate surface area is 122 Å². The number of nitrogens with one attached hydrogen (secondary N) is 1. The Balaban J connectivity index is 2.00. The van der Waals surface area contributed by atoms with Crippen LogP contribution in [0.1, 0.15) is 25.3 Å². The Hall–Kier alpha value is -1.30. The van der Waals surface area contributed by atoms with Crippen molar-refractivity contribution in [1.82, 2.24) is 5.32 Å². The van der Waals surface area contributed by atoms with E-state index in [0.29, 0.717) is 25.1 Å². The lowest BCUT2D eigenvalue weighted by atomic mass is 9.96. The van der Waals surface area contributed by atoms with Crippen LogP contribution in [-0.4, -0.2) is 26.2 Å². The molecule has 0 atom stereocenters. The van der Waals surface area contributed by atoms with Crippen LogP contribution in [0.15, 0.2) is 18.2 Å². The first-order valence-corrected chi connectivity index (χ1v) is 7.24. The van der Waals surface area contributed by atoms with Gasteiger partial charge in [-0.15, -0.1) is 0 Å². The van der Waals surface area contributed by atoms with Crippen LogP contribution in [0.3, 0.4) is 0 Å². The minimum absolute atomic E-state index is 0.268. The Morgan fingerprint density at radius 3 is 2.43 bits per heavy atom. The molecule has 118 valence electrons. The van der Waals surface area contributed by atoms with Gasteiger partial charge < -0.3 is 10.2 Å². The van der Waals surface area contributed by atoms with Crippen molar-refractivity contribution < 1.29 is 17.6 Å². The predicted molar refractivity (Wildman–Crippen MR) is 74.9 cm³/mol. The minimum Gasteiger partial charge on any atom is -0.369 e. The van der Waals surface area contributed by atoms with Gasteiger partial charge in [-0.2, -0.15) is 13.2 Å². The second-order valence-electron chi connectivity index (χ2n) is 5.40. The van der Waals surface area contributed by atoms with Crippen LogP contribution in [0, 0.1) is 11.7 Å². The third-order valence-electron chi connectivity index (χ3n) is 3.91. The summed E-state index contributed by atoms with van der Waals surface area (Å²) >= 11 is 0. The zero-order valence-electron chi connectivity index (χ0n) is 12.0. The fourth-order valence-electron chi connectivity index (χ4n) is 2.67. The summed E-state index contributed by atoms with van der Waals surface area (Å²) in [7, 11) is 0. The Morgan fingerprint density at radius 1 is 1.24 bits per heavy atom. The molecule has 2 rings (SSSR count). The van der Waals surface area contributed by atoms with Crippen molar-refractivity contribution in [2.24, 2.45) is 5.92 Å². The van der Waals surface area contributed by atoms with Gasteiger partial charge in [0.05, 0.1) is 11.3 Å². The number of nitrogens with zero attached hydrogens (tertiary/aromatic N) is 1. The molecule has 1 heterocycles. The molecule has 1 aromatic rings. The second-order valence-corrected chi connectivity index (χ2v) is 5.40. The summed E-state index contributed by atoms with van der Waals surface area (Å²) in [6, 6.07) is 2.77. The molecule has 0 amide bonds. The van der Waals surface area contributed by atoms with Gasteiger partial charge >= 0.3 is 6.18 Å². The van der Waals surface area contributed by atoms with E-state index < -0.39 is 17.6 Å². The van der Waals surface area contributed by atoms with Gasteiger partial charge in [0.2, 0.25) is 0 Å². The normalized spacial score (nSPS) is 17.3. The quantitative estimate of drug-likeness (QED) is 0.854. The van der Waals surface area contributed by atoms with E-state index in [1.54, 1.807) is 0 Å². The van der Waals surface area contributed by atoms with E-state index in [0.717, 1.165) is 32.0 Å². The molecule has 6 heteroatoms. The van der Waals surface area contributed by atoms with E-state index in [4.69, 9.17) is 0 Å². The molecule has 2 nitrogen and oxygen atoms in total. The molecule has 0 unspecified atom stereocenters. The lowest BCUT2D eigenvalue weighted by molar-refractivity contribution is -0.137. The van der Waals surface area contributed by atoms with Crippen LogP contribution in [0.5, 0.6) is 0 Å². The van der Waals surface area contributed by atoms with E-state index in [1.165, 1.54) is 6.07 Å². The molecule has 1 aromatic carbocycles.